The molecule has 0 aliphatic carbocycles. The quantitative estimate of drug-likeness (QED) is 0.921. The normalized spacial score (nSPS) is 20.9. The van der Waals surface area contributed by atoms with Crippen LogP contribution in [0.2, 0.25) is 0 Å². The number of aliphatic hydroxyl groups is 1. The Balaban J connectivity index is 1.89. The second-order valence-electron chi connectivity index (χ2n) is 6.19. The number of β-amino-alcohol motifs (C(OH)–C–C–N with tert-alkyl or cyclic N) is 1. The van der Waals surface area contributed by atoms with Gasteiger partial charge in [-0.15, -0.1) is 0 Å². The first kappa shape index (κ1) is 17.5. The van der Waals surface area contributed by atoms with E-state index in [9.17, 15) is 23.1 Å². The average Bonchev–Trinajstić information content (AvgIpc) is 3.12. The number of amides is 1. The van der Waals surface area contributed by atoms with Crippen LogP contribution < -0.4 is 0 Å². The van der Waals surface area contributed by atoms with Crippen LogP contribution in [0.15, 0.2) is 36.5 Å². The van der Waals surface area contributed by atoms with Crippen molar-refractivity contribution in [2.24, 2.45) is 7.05 Å². The summed E-state index contributed by atoms with van der Waals surface area (Å²) in [4.78, 5) is 13.9. The summed E-state index contributed by atoms with van der Waals surface area (Å²) >= 11 is 0. The number of rotatable bonds is 3. The van der Waals surface area contributed by atoms with Gasteiger partial charge in [0, 0.05) is 19.8 Å². The molecule has 1 aromatic heterocycles. The first-order chi connectivity index (χ1) is 11.8. The second-order valence-corrected chi connectivity index (χ2v) is 6.19. The third-order valence-corrected chi connectivity index (χ3v) is 4.33. The minimum Gasteiger partial charge on any atom is -0.391 e. The van der Waals surface area contributed by atoms with Crippen LogP contribution in [0, 0.1) is 0 Å². The van der Waals surface area contributed by atoms with Gasteiger partial charge in [0.15, 0.2) is 0 Å². The summed E-state index contributed by atoms with van der Waals surface area (Å²) in [7, 11) is 1.72. The standard InChI is InChI=1S/C17H18F3N3O2/c1-22-7-6-11(21-22)8-16(25)23-10-12(24)9-15(23)13-4-2-3-5-14(13)17(18,19)20/h2-7,12,15,24H,8-10H2,1H3/t12-,15+/m0/s1. The van der Waals surface area contributed by atoms with E-state index in [1.54, 1.807) is 24.0 Å². The van der Waals surface area contributed by atoms with Crippen molar-refractivity contribution in [2.45, 2.75) is 31.2 Å². The third kappa shape index (κ3) is 3.68. The molecule has 1 aromatic carbocycles. The molecule has 1 aliphatic rings. The molecule has 5 nitrogen and oxygen atoms in total. The van der Waals surface area contributed by atoms with Crippen LogP contribution in [0.25, 0.3) is 0 Å². The number of carbonyl (C=O) groups is 1. The van der Waals surface area contributed by atoms with E-state index in [1.165, 1.54) is 23.1 Å². The molecule has 2 atom stereocenters. The molecule has 1 N–H and O–H groups in total. The Morgan fingerprint density at radius 1 is 1.32 bits per heavy atom. The fourth-order valence-corrected chi connectivity index (χ4v) is 3.24. The van der Waals surface area contributed by atoms with Crippen LogP contribution >= 0.6 is 0 Å². The SMILES string of the molecule is Cn1ccc(CC(=O)N2C[C@@H](O)C[C@@H]2c2ccccc2C(F)(F)F)n1. The molecule has 0 bridgehead atoms. The number of aryl methyl sites for hydroxylation is 1. The van der Waals surface area contributed by atoms with Gasteiger partial charge in [0.1, 0.15) is 0 Å². The van der Waals surface area contributed by atoms with E-state index in [-0.39, 0.29) is 30.9 Å². The van der Waals surface area contributed by atoms with Gasteiger partial charge in [0.2, 0.25) is 5.91 Å². The van der Waals surface area contributed by atoms with Crippen molar-refractivity contribution in [3.63, 3.8) is 0 Å². The van der Waals surface area contributed by atoms with E-state index in [0.717, 1.165) is 6.07 Å². The highest BCUT2D eigenvalue weighted by Gasteiger charge is 2.41. The van der Waals surface area contributed by atoms with E-state index in [1.807, 2.05) is 0 Å². The molecule has 1 saturated heterocycles. The number of carbonyl (C=O) groups excluding carboxylic acids is 1. The van der Waals surface area contributed by atoms with Gasteiger partial charge >= 0.3 is 6.18 Å². The second kappa shape index (κ2) is 6.51. The van der Waals surface area contributed by atoms with Gasteiger partial charge in [-0.25, -0.2) is 0 Å². The highest BCUT2D eigenvalue weighted by atomic mass is 19.4. The summed E-state index contributed by atoms with van der Waals surface area (Å²) in [6, 6.07) is 6.08. The fraction of sp³-hybridized carbons (Fsp3) is 0.412. The number of nitrogens with zero attached hydrogens (tertiary/aromatic N) is 3. The van der Waals surface area contributed by atoms with Crippen LogP contribution in [-0.2, 0) is 24.4 Å². The van der Waals surface area contributed by atoms with Crippen molar-refractivity contribution in [2.75, 3.05) is 6.54 Å². The van der Waals surface area contributed by atoms with Crippen molar-refractivity contribution in [1.82, 2.24) is 14.7 Å². The van der Waals surface area contributed by atoms with Gasteiger partial charge in [0.05, 0.1) is 29.8 Å². The van der Waals surface area contributed by atoms with E-state index >= 15 is 0 Å². The largest absolute Gasteiger partial charge is 0.416 e. The summed E-state index contributed by atoms with van der Waals surface area (Å²) in [6.45, 7) is 0.0164. The summed E-state index contributed by atoms with van der Waals surface area (Å²) in [5.74, 6) is -0.350. The topological polar surface area (TPSA) is 58.4 Å². The van der Waals surface area contributed by atoms with Gasteiger partial charge in [0.25, 0.3) is 0 Å². The van der Waals surface area contributed by atoms with Gasteiger partial charge in [-0.2, -0.15) is 18.3 Å². The van der Waals surface area contributed by atoms with Gasteiger partial charge < -0.3 is 10.0 Å². The molecule has 25 heavy (non-hydrogen) atoms. The third-order valence-electron chi connectivity index (χ3n) is 4.33. The number of hydrogen-bond donors (Lipinski definition) is 1. The molecule has 0 radical (unpaired) electrons. The molecule has 3 rings (SSSR count). The predicted octanol–water partition coefficient (Wildman–Crippen LogP) is 2.32. The van der Waals surface area contributed by atoms with Crippen LogP contribution in [-0.4, -0.2) is 38.3 Å². The first-order valence-corrected chi connectivity index (χ1v) is 7.88. The molecule has 0 spiro atoms. The maximum atomic E-state index is 13.3. The van der Waals surface area contributed by atoms with Gasteiger partial charge in [-0.1, -0.05) is 18.2 Å². The van der Waals surface area contributed by atoms with Crippen molar-refractivity contribution in [1.29, 1.82) is 0 Å². The Hall–Kier alpha value is -2.35. The first-order valence-electron chi connectivity index (χ1n) is 7.88. The highest BCUT2D eigenvalue weighted by Crippen LogP contribution is 2.40. The lowest BCUT2D eigenvalue weighted by Gasteiger charge is -2.27. The fourth-order valence-electron chi connectivity index (χ4n) is 3.24. The van der Waals surface area contributed by atoms with Crippen LogP contribution in [0.1, 0.15) is 29.3 Å². The molecule has 134 valence electrons. The maximum absolute atomic E-state index is 13.3. The number of aliphatic hydroxyl groups excluding tert-OH is 1. The molecule has 1 aliphatic heterocycles. The summed E-state index contributed by atoms with van der Waals surface area (Å²) < 4.78 is 41.4. The molecular weight excluding hydrogens is 335 g/mol. The van der Waals surface area contributed by atoms with Crippen LogP contribution in [0.5, 0.6) is 0 Å². The summed E-state index contributed by atoms with van der Waals surface area (Å²) in [6.07, 6.45) is -3.60. The van der Waals surface area contributed by atoms with Crippen molar-refractivity contribution >= 4 is 5.91 Å². The number of likely N-dealkylation sites (tertiary alicyclic amines) is 1. The predicted molar refractivity (Wildman–Crippen MR) is 83.4 cm³/mol. The molecule has 0 saturated carbocycles. The minimum absolute atomic E-state index is 0.0147. The van der Waals surface area contributed by atoms with Gasteiger partial charge in [-0.3, -0.25) is 9.48 Å². The molecular formula is C17H18F3N3O2. The van der Waals surface area contributed by atoms with Crippen LogP contribution in [0.4, 0.5) is 13.2 Å². The van der Waals surface area contributed by atoms with E-state index in [0.29, 0.717) is 5.69 Å². The molecule has 2 heterocycles. The molecule has 1 fully saturated rings. The molecule has 8 heteroatoms. The Kier molecular flexibility index (Phi) is 4.55. The average molecular weight is 353 g/mol. The van der Waals surface area contributed by atoms with Crippen LogP contribution in [0.3, 0.4) is 0 Å². The Morgan fingerprint density at radius 3 is 2.68 bits per heavy atom. The molecule has 1 amide bonds. The van der Waals surface area contributed by atoms with Crippen molar-refractivity contribution in [3.05, 3.63) is 53.3 Å². The smallest absolute Gasteiger partial charge is 0.391 e. The monoisotopic (exact) mass is 353 g/mol. The minimum atomic E-state index is -4.51. The number of aromatic nitrogens is 2. The molecule has 0 unspecified atom stereocenters. The Morgan fingerprint density at radius 2 is 2.04 bits per heavy atom. The lowest BCUT2D eigenvalue weighted by molar-refractivity contribution is -0.140. The number of alkyl halides is 3. The zero-order valence-corrected chi connectivity index (χ0v) is 13.6. The van der Waals surface area contributed by atoms with E-state index < -0.39 is 23.9 Å². The van der Waals surface area contributed by atoms with E-state index in [2.05, 4.69) is 5.10 Å². The number of hydrogen-bond acceptors (Lipinski definition) is 3. The van der Waals surface area contributed by atoms with Crippen molar-refractivity contribution < 1.29 is 23.1 Å². The zero-order valence-electron chi connectivity index (χ0n) is 13.6. The van der Waals surface area contributed by atoms with Crippen molar-refractivity contribution in [3.8, 4) is 0 Å². The van der Waals surface area contributed by atoms with E-state index in [4.69, 9.17) is 0 Å². The number of halogens is 3. The summed E-state index contributed by atoms with van der Waals surface area (Å²) in [5, 5.41) is 14.1. The maximum Gasteiger partial charge on any atom is 0.416 e. The molecule has 2 aromatic rings. The highest BCUT2D eigenvalue weighted by molar-refractivity contribution is 5.79. The zero-order chi connectivity index (χ0) is 18.2. The lowest BCUT2D eigenvalue weighted by atomic mass is 9.97. The lowest BCUT2D eigenvalue weighted by Crippen LogP contribution is -2.34. The number of benzene rings is 1. The van der Waals surface area contributed by atoms with Gasteiger partial charge in [-0.05, 0) is 24.1 Å². The summed E-state index contributed by atoms with van der Waals surface area (Å²) in [5.41, 5.74) is -0.220. The Bertz CT molecular complexity index is 772. The Labute approximate surface area is 142 Å².